The van der Waals surface area contributed by atoms with Crippen molar-refractivity contribution >= 4 is 19.8 Å². The van der Waals surface area contributed by atoms with Crippen LogP contribution in [0.2, 0.25) is 0 Å². The molecule has 0 heterocycles. The highest BCUT2D eigenvalue weighted by Crippen LogP contribution is 2.38. The van der Waals surface area contributed by atoms with E-state index in [-0.39, 0.29) is 26.1 Å². The third kappa shape index (κ3) is 62.8. The minimum Gasteiger partial charge on any atom is -0.756 e. The number of rotatable bonds is 55. The molecule has 2 unspecified atom stereocenters. The molecule has 0 amide bonds. The number of unbranched alkanes of at least 4 members (excludes halogenated alkanes) is 15. The van der Waals surface area contributed by atoms with Gasteiger partial charge in [-0.25, -0.2) is 0 Å². The van der Waals surface area contributed by atoms with Gasteiger partial charge >= 0.3 is 11.9 Å². The number of ether oxygens (including phenoxy) is 2. The maximum absolute atomic E-state index is 12.8. The molecule has 0 aliphatic carbocycles. The lowest BCUT2D eigenvalue weighted by Gasteiger charge is -2.28. The number of esters is 2. The maximum Gasteiger partial charge on any atom is 0.306 e. The number of hydrogen-bond donors (Lipinski definition) is 0. The van der Waals surface area contributed by atoms with E-state index in [1.807, 2.05) is 21.1 Å². The Morgan fingerprint density at radius 2 is 0.713 bits per heavy atom. The maximum atomic E-state index is 12.8. The lowest BCUT2D eigenvalue weighted by Crippen LogP contribution is -2.37. The van der Waals surface area contributed by atoms with Crippen LogP contribution in [0.15, 0.2) is 158 Å². The van der Waals surface area contributed by atoms with Gasteiger partial charge < -0.3 is 27.9 Å². The van der Waals surface area contributed by atoms with Gasteiger partial charge in [0.25, 0.3) is 7.82 Å². The van der Waals surface area contributed by atoms with Crippen molar-refractivity contribution in [3.8, 4) is 0 Å². The van der Waals surface area contributed by atoms with E-state index in [2.05, 4.69) is 172 Å². The molecule has 0 bridgehead atoms. The van der Waals surface area contributed by atoms with E-state index in [0.717, 1.165) is 141 Å². The smallest absolute Gasteiger partial charge is 0.306 e. The number of carbonyl (C=O) groups is 2. The molecule has 0 aliphatic heterocycles. The summed E-state index contributed by atoms with van der Waals surface area (Å²) in [5, 5.41) is 0. The zero-order chi connectivity index (χ0) is 58.4. The quantitative estimate of drug-likeness (QED) is 0.0195. The number of likely N-dealkylation sites (N-methyl/N-ethyl adjacent to an activating group) is 1. The van der Waals surface area contributed by atoms with Crippen molar-refractivity contribution in [3.05, 3.63) is 158 Å². The van der Waals surface area contributed by atoms with Crippen LogP contribution >= 0.6 is 7.82 Å². The van der Waals surface area contributed by atoms with Gasteiger partial charge in [0, 0.05) is 12.8 Å². The molecule has 2 atom stereocenters. The first-order chi connectivity index (χ1) is 39.0. The standard InChI is InChI=1S/C70H114NO8P/c1-6-8-10-12-14-16-18-20-22-24-26-28-29-30-31-32-33-34-35-36-37-38-39-40-41-43-45-47-49-51-53-55-57-59-61-63-70(73)79-68(67-78-80(74,75)77-65-64-71(3,4)5)66-76-69(72)62-60-58-56-54-52-50-48-46-44-42-27-25-23-21-19-17-15-13-11-9-7-2/h8,10,14,16,19-22,25-28,30-31,33-34,36-37,39-40,43-46,49,51,68H,6-7,9,11-13,15,17-18,23-24,29,32,35,38,41-42,47-48,50,52-67H2,1-5H3/b10-8-,16-14-,21-19-,22-20-,27-25-,28-26-,31-30-,34-33-,37-36-,40-39-,45-43-,46-44-,51-49-. The predicted molar refractivity (Wildman–Crippen MR) is 341 cm³/mol. The zero-order valence-corrected chi connectivity index (χ0v) is 52.1. The van der Waals surface area contributed by atoms with Crippen molar-refractivity contribution in [2.75, 3.05) is 47.5 Å². The van der Waals surface area contributed by atoms with E-state index in [0.29, 0.717) is 23.9 Å². The number of carbonyl (C=O) groups excluding carboxylic acids is 2. The van der Waals surface area contributed by atoms with Crippen molar-refractivity contribution in [2.24, 2.45) is 0 Å². The number of phosphoric acid groups is 1. The van der Waals surface area contributed by atoms with Crippen molar-refractivity contribution < 1.29 is 42.1 Å². The lowest BCUT2D eigenvalue weighted by molar-refractivity contribution is -0.870. The Bertz CT molecular complexity index is 1900. The molecule has 0 N–H and O–H groups in total. The molecular formula is C70H114NO8P. The Labute approximate surface area is 490 Å². The fraction of sp³-hybridized carbons (Fsp3) is 0.600. The summed E-state index contributed by atoms with van der Waals surface area (Å²) in [6, 6.07) is 0. The average molecular weight is 1130 g/mol. The molecule has 9 nitrogen and oxygen atoms in total. The summed E-state index contributed by atoms with van der Waals surface area (Å²) in [6.45, 7) is 4.04. The third-order valence-electron chi connectivity index (χ3n) is 12.5. The summed E-state index contributed by atoms with van der Waals surface area (Å²) in [6.07, 6.45) is 88.6. The van der Waals surface area contributed by atoms with Crippen LogP contribution in [0, 0.1) is 0 Å². The molecule has 0 rings (SSSR count). The van der Waals surface area contributed by atoms with Gasteiger partial charge in [0.1, 0.15) is 19.8 Å². The molecule has 0 fully saturated rings. The van der Waals surface area contributed by atoms with Gasteiger partial charge in [0.05, 0.1) is 27.7 Å². The van der Waals surface area contributed by atoms with Crippen LogP contribution in [0.1, 0.15) is 219 Å². The van der Waals surface area contributed by atoms with Gasteiger partial charge in [0.2, 0.25) is 0 Å². The normalized spacial score (nSPS) is 14.3. The van der Waals surface area contributed by atoms with Crippen LogP contribution in [0.3, 0.4) is 0 Å². The molecule has 0 aliphatic rings. The van der Waals surface area contributed by atoms with Crippen LogP contribution in [0.4, 0.5) is 0 Å². The van der Waals surface area contributed by atoms with Crippen molar-refractivity contribution in [3.63, 3.8) is 0 Å². The van der Waals surface area contributed by atoms with Gasteiger partial charge in [0.15, 0.2) is 6.10 Å². The van der Waals surface area contributed by atoms with Crippen molar-refractivity contribution in [2.45, 2.75) is 225 Å². The van der Waals surface area contributed by atoms with Crippen LogP contribution < -0.4 is 4.89 Å². The molecule has 0 saturated heterocycles. The average Bonchev–Trinajstić information content (AvgIpc) is 3.42. The van der Waals surface area contributed by atoms with Crippen LogP contribution in [-0.4, -0.2) is 70.0 Å². The summed E-state index contributed by atoms with van der Waals surface area (Å²) >= 11 is 0. The molecule has 0 saturated carbocycles. The third-order valence-corrected chi connectivity index (χ3v) is 13.5. The van der Waals surface area contributed by atoms with Gasteiger partial charge in [-0.15, -0.1) is 0 Å². The highest BCUT2D eigenvalue weighted by atomic mass is 31.2. The number of nitrogens with zero attached hydrogens (tertiary/aromatic N) is 1. The van der Waals surface area contributed by atoms with E-state index < -0.39 is 32.5 Å². The number of phosphoric ester groups is 1. The van der Waals surface area contributed by atoms with Gasteiger partial charge in [-0.3, -0.25) is 14.2 Å². The first-order valence-corrected chi connectivity index (χ1v) is 32.7. The van der Waals surface area contributed by atoms with Crippen LogP contribution in [-0.2, 0) is 32.7 Å². The van der Waals surface area contributed by atoms with E-state index in [1.54, 1.807) is 0 Å². The van der Waals surface area contributed by atoms with Crippen molar-refractivity contribution in [1.29, 1.82) is 0 Å². The summed E-state index contributed by atoms with van der Waals surface area (Å²) in [7, 11) is 1.12. The number of allylic oxidation sites excluding steroid dienone is 26. The molecule has 0 aromatic carbocycles. The molecule has 0 aromatic rings. The van der Waals surface area contributed by atoms with Gasteiger partial charge in [-0.2, -0.15) is 0 Å². The Morgan fingerprint density at radius 1 is 0.400 bits per heavy atom. The minimum absolute atomic E-state index is 0.0478. The molecule has 0 spiro atoms. The first-order valence-electron chi connectivity index (χ1n) is 31.2. The summed E-state index contributed by atoms with van der Waals surface area (Å²) in [5.41, 5.74) is 0. The molecule has 80 heavy (non-hydrogen) atoms. The van der Waals surface area contributed by atoms with E-state index in [1.165, 1.54) is 38.5 Å². The Balaban J connectivity index is 4.27. The molecule has 10 heteroatoms. The Hall–Kier alpha value is -4.37. The highest BCUT2D eigenvalue weighted by molar-refractivity contribution is 7.45. The highest BCUT2D eigenvalue weighted by Gasteiger charge is 2.21. The fourth-order valence-corrected chi connectivity index (χ4v) is 8.48. The SMILES string of the molecule is CC/C=C\C/C=C\C/C=C\C/C=C\C/C=C\C/C=C\C/C=C\C/C=C\C/C=C\C/C=C\CCCCCCC(=O)OC(COC(=O)CCCCCCCC/C=C\C/C=C\C/C=C\CCCCCCC)COP(=O)([O-])OCC[N+](C)(C)C. The van der Waals surface area contributed by atoms with Gasteiger partial charge in [-0.05, 0) is 128 Å². The van der Waals surface area contributed by atoms with E-state index >= 15 is 0 Å². The van der Waals surface area contributed by atoms with Crippen LogP contribution in [0.5, 0.6) is 0 Å². The molecule has 452 valence electrons. The first kappa shape index (κ1) is 75.6. The van der Waals surface area contributed by atoms with Gasteiger partial charge in [-0.1, -0.05) is 236 Å². The summed E-state index contributed by atoms with van der Waals surface area (Å²) in [4.78, 5) is 37.9. The second kappa shape index (κ2) is 59.3. The molecular weight excluding hydrogens is 1010 g/mol. The van der Waals surface area contributed by atoms with E-state index in [4.69, 9.17) is 18.5 Å². The minimum atomic E-state index is -4.66. The lowest BCUT2D eigenvalue weighted by atomic mass is 10.1. The summed E-state index contributed by atoms with van der Waals surface area (Å²) < 4.78 is 34.1. The van der Waals surface area contributed by atoms with Crippen molar-refractivity contribution in [1.82, 2.24) is 0 Å². The predicted octanol–water partition coefficient (Wildman–Crippen LogP) is 19.4. The number of quaternary nitrogens is 1. The topological polar surface area (TPSA) is 111 Å². The van der Waals surface area contributed by atoms with Crippen LogP contribution in [0.25, 0.3) is 0 Å². The zero-order valence-electron chi connectivity index (χ0n) is 51.2. The van der Waals surface area contributed by atoms with E-state index in [9.17, 15) is 19.0 Å². The molecule has 0 radical (unpaired) electrons. The largest absolute Gasteiger partial charge is 0.756 e. The summed E-state index contributed by atoms with van der Waals surface area (Å²) in [5.74, 6) is -0.889. The number of hydrogen-bond acceptors (Lipinski definition) is 8. The molecule has 0 aromatic heterocycles. The Morgan fingerprint density at radius 3 is 1.06 bits per heavy atom. The second-order valence-electron chi connectivity index (χ2n) is 21.3. The second-order valence-corrected chi connectivity index (χ2v) is 22.7. The fourth-order valence-electron chi connectivity index (χ4n) is 7.75. The Kier molecular flexibility index (Phi) is 56.0. The monoisotopic (exact) mass is 1130 g/mol.